The Morgan fingerprint density at radius 2 is 1.95 bits per heavy atom. The fourth-order valence-electron chi connectivity index (χ4n) is 2.65. The average molecular weight is 299 g/mol. The number of benzene rings is 1. The van der Waals surface area contributed by atoms with Crippen molar-refractivity contribution in [1.82, 2.24) is 0 Å². The van der Waals surface area contributed by atoms with Crippen LogP contribution < -0.4 is 15.0 Å². The normalized spacial score (nSPS) is 17.2. The van der Waals surface area contributed by atoms with Crippen molar-refractivity contribution in [2.24, 2.45) is 0 Å². The van der Waals surface area contributed by atoms with E-state index in [2.05, 4.69) is 26.1 Å². The van der Waals surface area contributed by atoms with Crippen molar-refractivity contribution in [3.8, 4) is 5.75 Å². The van der Waals surface area contributed by atoms with Crippen LogP contribution in [0.2, 0.25) is 5.02 Å². The number of rotatable bonds is 4. The van der Waals surface area contributed by atoms with E-state index < -0.39 is 0 Å². The van der Waals surface area contributed by atoms with Crippen molar-refractivity contribution >= 4 is 11.6 Å². The highest BCUT2D eigenvalue weighted by Crippen LogP contribution is 2.33. The minimum atomic E-state index is 0.0488. The minimum Gasteiger partial charge on any atom is -0.487 e. The Hall–Kier alpha value is -0.770. The molecule has 0 aliphatic carbocycles. The van der Waals surface area contributed by atoms with Gasteiger partial charge in [-0.15, -0.1) is 0 Å². The largest absolute Gasteiger partial charge is 0.487 e. The Balaban J connectivity index is 1.95. The van der Waals surface area contributed by atoms with Gasteiger partial charge in [0.25, 0.3) is 0 Å². The summed E-state index contributed by atoms with van der Waals surface area (Å²) in [6.45, 7) is 13.4. The smallest absolute Gasteiger partial charge is 0.137 e. The summed E-state index contributed by atoms with van der Waals surface area (Å²) in [5.74, 6) is 0.977. The van der Waals surface area contributed by atoms with Crippen molar-refractivity contribution in [3.05, 3.63) is 28.8 Å². The number of halogens is 1. The Bertz CT molecular complexity index is 437. The molecular weight excluding hydrogens is 272 g/mol. The molecule has 20 heavy (non-hydrogen) atoms. The molecule has 0 atom stereocenters. The van der Waals surface area contributed by atoms with Gasteiger partial charge in [-0.2, -0.15) is 0 Å². The first-order valence-electron chi connectivity index (χ1n) is 7.55. The van der Waals surface area contributed by atoms with Crippen LogP contribution in [-0.4, -0.2) is 39.3 Å². The van der Waals surface area contributed by atoms with Gasteiger partial charge in [0.2, 0.25) is 0 Å². The molecule has 1 heterocycles. The molecule has 1 fully saturated rings. The van der Waals surface area contributed by atoms with E-state index in [1.165, 1.54) is 31.7 Å². The van der Waals surface area contributed by atoms with Crippen molar-refractivity contribution in [2.75, 3.05) is 39.3 Å². The number of nitrogens with one attached hydrogen (secondary N) is 1. The predicted octanol–water partition coefficient (Wildman–Crippen LogP) is 0.478. The second-order valence-corrected chi connectivity index (χ2v) is 7.04. The molecule has 3 nitrogen and oxygen atoms in total. The first-order valence-corrected chi connectivity index (χ1v) is 7.92. The van der Waals surface area contributed by atoms with Crippen LogP contribution in [0.3, 0.4) is 0 Å². The number of quaternary nitrogens is 2. The quantitative estimate of drug-likeness (QED) is 0.832. The second kappa shape index (κ2) is 6.79. The lowest BCUT2D eigenvalue weighted by Crippen LogP contribution is -3.20. The van der Waals surface area contributed by atoms with Gasteiger partial charge in [-0.05, 0) is 23.6 Å². The predicted molar refractivity (Wildman–Crippen MR) is 82.9 cm³/mol. The Morgan fingerprint density at radius 1 is 1.25 bits per heavy atom. The molecular formula is C16H27ClN2O+2. The van der Waals surface area contributed by atoms with Crippen LogP contribution in [0.5, 0.6) is 5.75 Å². The number of nitrogens with two attached hydrogens (primary N) is 1. The molecule has 1 aromatic carbocycles. The molecule has 1 aliphatic rings. The van der Waals surface area contributed by atoms with E-state index in [4.69, 9.17) is 16.3 Å². The van der Waals surface area contributed by atoms with Gasteiger partial charge in [-0.25, -0.2) is 0 Å². The lowest BCUT2D eigenvalue weighted by molar-refractivity contribution is -0.946. The second-order valence-electron chi connectivity index (χ2n) is 6.60. The first kappa shape index (κ1) is 15.6. The van der Waals surface area contributed by atoms with Crippen molar-refractivity contribution < 1.29 is 15.0 Å². The van der Waals surface area contributed by atoms with Gasteiger partial charge < -0.3 is 15.0 Å². The molecule has 0 saturated carbocycles. The molecule has 0 bridgehead atoms. The SMILES string of the molecule is CC(C)(C)c1cc(Cl)ccc1OCC[NH+]1CC[NH2+]CC1. The maximum atomic E-state index is 6.12. The van der Waals surface area contributed by atoms with E-state index >= 15 is 0 Å². The van der Waals surface area contributed by atoms with E-state index in [-0.39, 0.29) is 5.41 Å². The van der Waals surface area contributed by atoms with E-state index in [9.17, 15) is 0 Å². The zero-order valence-electron chi connectivity index (χ0n) is 12.8. The van der Waals surface area contributed by atoms with E-state index in [0.29, 0.717) is 0 Å². The molecule has 1 aliphatic heterocycles. The summed E-state index contributed by atoms with van der Waals surface area (Å²) in [5.41, 5.74) is 1.24. The van der Waals surface area contributed by atoms with Crippen LogP contribution in [0.1, 0.15) is 26.3 Å². The monoisotopic (exact) mass is 298 g/mol. The minimum absolute atomic E-state index is 0.0488. The van der Waals surface area contributed by atoms with Crippen molar-refractivity contribution in [3.63, 3.8) is 0 Å². The van der Waals surface area contributed by atoms with Crippen LogP contribution in [0, 0.1) is 0 Å². The average Bonchev–Trinajstić information content (AvgIpc) is 2.40. The molecule has 0 amide bonds. The van der Waals surface area contributed by atoms with Crippen LogP contribution in [-0.2, 0) is 5.41 Å². The molecule has 2 rings (SSSR count). The summed E-state index contributed by atoms with van der Waals surface area (Å²) in [7, 11) is 0. The van der Waals surface area contributed by atoms with Crippen LogP contribution in [0.4, 0.5) is 0 Å². The lowest BCUT2D eigenvalue weighted by atomic mass is 9.86. The number of ether oxygens (including phenoxy) is 1. The Labute approximate surface area is 127 Å². The highest BCUT2D eigenvalue weighted by Gasteiger charge is 2.20. The molecule has 0 unspecified atom stereocenters. The third-order valence-corrected chi connectivity index (χ3v) is 4.10. The Morgan fingerprint density at radius 3 is 2.60 bits per heavy atom. The zero-order valence-corrected chi connectivity index (χ0v) is 13.6. The van der Waals surface area contributed by atoms with Crippen LogP contribution in [0.15, 0.2) is 18.2 Å². The summed E-state index contributed by atoms with van der Waals surface area (Å²) in [6, 6.07) is 5.94. The highest BCUT2D eigenvalue weighted by molar-refractivity contribution is 6.30. The first-order chi connectivity index (χ1) is 9.47. The maximum absolute atomic E-state index is 6.12. The molecule has 0 radical (unpaired) electrons. The summed E-state index contributed by atoms with van der Waals surface area (Å²) in [6.07, 6.45) is 0. The molecule has 1 aromatic rings. The van der Waals surface area contributed by atoms with E-state index in [1.54, 1.807) is 4.90 Å². The van der Waals surface area contributed by atoms with Gasteiger partial charge in [-0.1, -0.05) is 32.4 Å². The zero-order chi connectivity index (χ0) is 14.6. The summed E-state index contributed by atoms with van der Waals surface area (Å²) in [5, 5.41) is 3.17. The van der Waals surface area contributed by atoms with E-state index in [0.717, 1.165) is 23.9 Å². The van der Waals surface area contributed by atoms with Crippen molar-refractivity contribution in [1.29, 1.82) is 0 Å². The molecule has 3 N–H and O–H groups in total. The van der Waals surface area contributed by atoms with Crippen LogP contribution >= 0.6 is 11.6 Å². The molecule has 112 valence electrons. The molecule has 4 heteroatoms. The molecule has 0 spiro atoms. The van der Waals surface area contributed by atoms with Gasteiger partial charge >= 0.3 is 0 Å². The Kier molecular flexibility index (Phi) is 5.30. The summed E-state index contributed by atoms with van der Waals surface area (Å²) >= 11 is 6.12. The van der Waals surface area contributed by atoms with Gasteiger partial charge in [0, 0.05) is 10.6 Å². The highest BCUT2D eigenvalue weighted by atomic mass is 35.5. The number of piperazine rings is 1. The van der Waals surface area contributed by atoms with E-state index in [1.807, 2.05) is 18.2 Å². The third-order valence-electron chi connectivity index (χ3n) is 3.87. The fraction of sp³-hybridized carbons (Fsp3) is 0.625. The molecule has 1 saturated heterocycles. The van der Waals surface area contributed by atoms with Gasteiger partial charge in [0.15, 0.2) is 0 Å². The van der Waals surface area contributed by atoms with Gasteiger partial charge in [-0.3, -0.25) is 0 Å². The topological polar surface area (TPSA) is 30.3 Å². The van der Waals surface area contributed by atoms with Crippen molar-refractivity contribution in [2.45, 2.75) is 26.2 Å². The number of hydrogen-bond donors (Lipinski definition) is 2. The van der Waals surface area contributed by atoms with Gasteiger partial charge in [0.05, 0.1) is 0 Å². The standard InChI is InChI=1S/C16H25ClN2O/c1-16(2,3)14-12-13(17)4-5-15(14)20-11-10-19-8-6-18-7-9-19/h4-5,12,18H,6-11H2,1-3H3/p+2. The summed E-state index contributed by atoms with van der Waals surface area (Å²) in [4.78, 5) is 1.65. The number of hydrogen-bond acceptors (Lipinski definition) is 1. The third kappa shape index (κ3) is 4.37. The van der Waals surface area contributed by atoms with Gasteiger partial charge in [0.1, 0.15) is 45.1 Å². The molecule has 0 aromatic heterocycles. The summed E-state index contributed by atoms with van der Waals surface area (Å²) < 4.78 is 6.03. The lowest BCUT2D eigenvalue weighted by Gasteiger charge is -2.25. The van der Waals surface area contributed by atoms with Crippen LogP contribution in [0.25, 0.3) is 0 Å². The maximum Gasteiger partial charge on any atom is 0.137 e. The fourth-order valence-corrected chi connectivity index (χ4v) is 2.82.